The summed E-state index contributed by atoms with van der Waals surface area (Å²) in [5, 5.41) is 3.17. The molecule has 0 fully saturated rings. The number of pyridine rings is 1. The standard InChI is InChI=1S/C16H12ClFN4/c1-10-8-15(21-12-2-3-14(18)13(17)9-12)22-16(20-10)11-4-6-19-7-5-11/h2-9H,1H3,(H,20,21,22). The molecule has 0 unspecified atom stereocenters. The van der Waals surface area contributed by atoms with Gasteiger partial charge in [-0.2, -0.15) is 0 Å². The third-order valence-corrected chi connectivity index (χ3v) is 3.27. The predicted octanol–water partition coefficient (Wildman–Crippen LogP) is 4.38. The second kappa shape index (κ2) is 6.07. The minimum Gasteiger partial charge on any atom is -0.340 e. The topological polar surface area (TPSA) is 50.7 Å². The third-order valence-electron chi connectivity index (χ3n) is 2.98. The molecule has 4 nitrogen and oxygen atoms in total. The van der Waals surface area contributed by atoms with E-state index in [-0.39, 0.29) is 5.02 Å². The third kappa shape index (κ3) is 3.20. The summed E-state index contributed by atoms with van der Waals surface area (Å²) in [6.45, 7) is 1.88. The number of hydrogen-bond donors (Lipinski definition) is 1. The van der Waals surface area contributed by atoms with Gasteiger partial charge in [-0.1, -0.05) is 11.6 Å². The Hall–Kier alpha value is -2.53. The van der Waals surface area contributed by atoms with Gasteiger partial charge in [0.25, 0.3) is 0 Å². The lowest BCUT2D eigenvalue weighted by atomic mass is 10.2. The Labute approximate surface area is 132 Å². The molecule has 1 N–H and O–H groups in total. The van der Waals surface area contributed by atoms with E-state index in [1.165, 1.54) is 12.1 Å². The number of aryl methyl sites for hydroxylation is 1. The van der Waals surface area contributed by atoms with Crippen molar-refractivity contribution in [3.05, 3.63) is 65.3 Å². The van der Waals surface area contributed by atoms with E-state index in [4.69, 9.17) is 11.6 Å². The fourth-order valence-corrected chi connectivity index (χ4v) is 2.16. The zero-order chi connectivity index (χ0) is 15.5. The number of hydrogen-bond acceptors (Lipinski definition) is 4. The molecule has 0 saturated heterocycles. The molecule has 0 bridgehead atoms. The Morgan fingerprint density at radius 3 is 2.55 bits per heavy atom. The molecule has 2 aromatic heterocycles. The number of nitrogens with one attached hydrogen (secondary N) is 1. The van der Waals surface area contributed by atoms with E-state index >= 15 is 0 Å². The fraction of sp³-hybridized carbons (Fsp3) is 0.0625. The van der Waals surface area contributed by atoms with Crippen molar-refractivity contribution >= 4 is 23.1 Å². The van der Waals surface area contributed by atoms with Gasteiger partial charge in [-0.25, -0.2) is 14.4 Å². The van der Waals surface area contributed by atoms with Crippen LogP contribution in [0.25, 0.3) is 11.4 Å². The van der Waals surface area contributed by atoms with Crippen molar-refractivity contribution in [2.45, 2.75) is 6.92 Å². The molecular formula is C16H12ClFN4. The van der Waals surface area contributed by atoms with Crippen LogP contribution in [0.1, 0.15) is 5.69 Å². The summed E-state index contributed by atoms with van der Waals surface area (Å²) >= 11 is 5.78. The van der Waals surface area contributed by atoms with Gasteiger partial charge in [0.15, 0.2) is 5.82 Å². The minimum atomic E-state index is -0.455. The first-order chi connectivity index (χ1) is 10.6. The Balaban J connectivity index is 1.94. The summed E-state index contributed by atoms with van der Waals surface area (Å²) in [6.07, 6.45) is 3.38. The van der Waals surface area contributed by atoms with Crippen molar-refractivity contribution < 1.29 is 4.39 Å². The number of halogens is 2. The van der Waals surface area contributed by atoms with Gasteiger partial charge < -0.3 is 5.32 Å². The van der Waals surface area contributed by atoms with Gasteiger partial charge in [0.2, 0.25) is 0 Å². The largest absolute Gasteiger partial charge is 0.340 e. The van der Waals surface area contributed by atoms with Crippen LogP contribution in [0.5, 0.6) is 0 Å². The molecule has 0 aliphatic carbocycles. The monoisotopic (exact) mass is 314 g/mol. The molecule has 2 heterocycles. The van der Waals surface area contributed by atoms with Crippen LogP contribution in [0.2, 0.25) is 5.02 Å². The quantitative estimate of drug-likeness (QED) is 0.779. The predicted molar refractivity (Wildman–Crippen MR) is 84.7 cm³/mol. The Bertz CT molecular complexity index is 808. The second-order valence-corrected chi connectivity index (χ2v) is 5.12. The lowest BCUT2D eigenvalue weighted by molar-refractivity contribution is 0.628. The van der Waals surface area contributed by atoms with Crippen molar-refractivity contribution in [2.75, 3.05) is 5.32 Å². The Morgan fingerprint density at radius 2 is 1.82 bits per heavy atom. The molecule has 3 rings (SSSR count). The summed E-state index contributed by atoms with van der Waals surface area (Å²) < 4.78 is 13.2. The van der Waals surface area contributed by atoms with Crippen LogP contribution >= 0.6 is 11.6 Å². The fourth-order valence-electron chi connectivity index (χ4n) is 1.98. The zero-order valence-electron chi connectivity index (χ0n) is 11.7. The van der Waals surface area contributed by atoms with Crippen molar-refractivity contribution in [3.63, 3.8) is 0 Å². The SMILES string of the molecule is Cc1cc(Nc2ccc(F)c(Cl)c2)nc(-c2ccncc2)n1. The number of nitrogens with zero attached hydrogens (tertiary/aromatic N) is 3. The summed E-state index contributed by atoms with van der Waals surface area (Å²) in [6, 6.07) is 9.91. The van der Waals surface area contributed by atoms with E-state index in [2.05, 4.69) is 20.3 Å². The normalized spacial score (nSPS) is 10.5. The van der Waals surface area contributed by atoms with Crippen molar-refractivity contribution in [1.82, 2.24) is 15.0 Å². The number of rotatable bonds is 3. The number of aromatic nitrogens is 3. The van der Waals surface area contributed by atoms with Gasteiger partial charge in [-0.15, -0.1) is 0 Å². The average molecular weight is 315 g/mol. The lowest BCUT2D eigenvalue weighted by Crippen LogP contribution is -1.99. The highest BCUT2D eigenvalue weighted by atomic mass is 35.5. The van der Waals surface area contributed by atoms with Crippen LogP contribution in [-0.2, 0) is 0 Å². The van der Waals surface area contributed by atoms with E-state index in [9.17, 15) is 4.39 Å². The van der Waals surface area contributed by atoms with E-state index in [1.54, 1.807) is 18.5 Å². The van der Waals surface area contributed by atoms with Crippen LogP contribution in [-0.4, -0.2) is 15.0 Å². The highest BCUT2D eigenvalue weighted by Gasteiger charge is 2.06. The molecule has 110 valence electrons. The van der Waals surface area contributed by atoms with Crippen molar-refractivity contribution in [1.29, 1.82) is 0 Å². The molecule has 0 saturated carbocycles. The minimum absolute atomic E-state index is 0.0603. The second-order valence-electron chi connectivity index (χ2n) is 4.71. The number of anilines is 2. The van der Waals surface area contributed by atoms with Gasteiger partial charge in [-0.3, -0.25) is 4.98 Å². The maximum absolute atomic E-state index is 13.2. The van der Waals surface area contributed by atoms with Gasteiger partial charge in [0.1, 0.15) is 11.6 Å². The van der Waals surface area contributed by atoms with Crippen LogP contribution in [0.4, 0.5) is 15.9 Å². The molecule has 0 amide bonds. The molecule has 6 heteroatoms. The van der Waals surface area contributed by atoms with Crippen molar-refractivity contribution in [2.24, 2.45) is 0 Å². The average Bonchev–Trinajstić information content (AvgIpc) is 2.51. The van der Waals surface area contributed by atoms with E-state index in [0.717, 1.165) is 11.3 Å². The van der Waals surface area contributed by atoms with Crippen LogP contribution < -0.4 is 5.32 Å². The van der Waals surface area contributed by atoms with Gasteiger partial charge in [0.05, 0.1) is 5.02 Å². The molecule has 0 aliphatic heterocycles. The summed E-state index contributed by atoms with van der Waals surface area (Å²) in [5.41, 5.74) is 2.35. The maximum atomic E-state index is 13.2. The molecule has 0 atom stereocenters. The van der Waals surface area contributed by atoms with E-state index in [0.29, 0.717) is 17.3 Å². The van der Waals surface area contributed by atoms with Crippen LogP contribution in [0.3, 0.4) is 0 Å². The highest BCUT2D eigenvalue weighted by Crippen LogP contribution is 2.23. The molecular weight excluding hydrogens is 303 g/mol. The van der Waals surface area contributed by atoms with Gasteiger partial charge >= 0.3 is 0 Å². The highest BCUT2D eigenvalue weighted by molar-refractivity contribution is 6.31. The van der Waals surface area contributed by atoms with Gasteiger partial charge in [-0.05, 0) is 37.3 Å². The summed E-state index contributed by atoms with van der Waals surface area (Å²) in [4.78, 5) is 12.9. The lowest BCUT2D eigenvalue weighted by Gasteiger charge is -2.09. The molecule has 3 aromatic rings. The first kappa shape index (κ1) is 14.4. The van der Waals surface area contributed by atoms with Crippen LogP contribution in [0, 0.1) is 12.7 Å². The summed E-state index contributed by atoms with van der Waals surface area (Å²) in [7, 11) is 0. The van der Waals surface area contributed by atoms with E-state index in [1.807, 2.05) is 25.1 Å². The molecule has 22 heavy (non-hydrogen) atoms. The van der Waals surface area contributed by atoms with Crippen molar-refractivity contribution in [3.8, 4) is 11.4 Å². The summed E-state index contributed by atoms with van der Waals surface area (Å²) in [5.74, 6) is 0.753. The first-order valence-corrected chi connectivity index (χ1v) is 6.98. The number of benzene rings is 1. The first-order valence-electron chi connectivity index (χ1n) is 6.60. The Kier molecular flexibility index (Phi) is 3.98. The molecule has 0 radical (unpaired) electrons. The maximum Gasteiger partial charge on any atom is 0.161 e. The molecule has 0 aliphatic rings. The van der Waals surface area contributed by atoms with E-state index < -0.39 is 5.82 Å². The van der Waals surface area contributed by atoms with Crippen LogP contribution in [0.15, 0.2) is 48.8 Å². The molecule has 0 spiro atoms. The molecule has 1 aromatic carbocycles. The smallest absolute Gasteiger partial charge is 0.161 e. The Morgan fingerprint density at radius 1 is 1.05 bits per heavy atom. The van der Waals surface area contributed by atoms with Gasteiger partial charge in [0, 0.05) is 35.4 Å². The zero-order valence-corrected chi connectivity index (χ0v) is 12.5.